The van der Waals surface area contributed by atoms with E-state index in [1.807, 2.05) is 43.3 Å². The Kier molecular flexibility index (Phi) is 4.63. The van der Waals surface area contributed by atoms with Crippen molar-refractivity contribution in [1.29, 1.82) is 0 Å². The minimum atomic E-state index is -1.05. The fraction of sp³-hybridized carbons (Fsp3) is 0.100. The summed E-state index contributed by atoms with van der Waals surface area (Å²) in [5, 5.41) is 11.4. The van der Waals surface area contributed by atoms with Gasteiger partial charge in [-0.1, -0.05) is 18.2 Å². The average Bonchev–Trinajstić information content (AvgIpc) is 3.20. The molecule has 0 aliphatic rings. The topological polar surface area (TPSA) is 85.8 Å². The maximum Gasteiger partial charge on any atom is 0.190 e. The first-order valence-corrected chi connectivity index (χ1v) is 8.72. The average molecular weight is 393 g/mol. The Labute approximate surface area is 165 Å². The number of nitrogens with two attached hydrogens (primary N) is 1. The van der Waals surface area contributed by atoms with Crippen molar-refractivity contribution in [2.24, 2.45) is 0 Å². The van der Waals surface area contributed by atoms with E-state index in [1.165, 1.54) is 12.1 Å². The molecule has 7 nitrogen and oxygen atoms in total. The van der Waals surface area contributed by atoms with Crippen LogP contribution in [0.25, 0.3) is 28.2 Å². The van der Waals surface area contributed by atoms with Crippen molar-refractivity contribution in [3.8, 4) is 28.2 Å². The molecular formula is C20H17F2N7. The SMILES string of the molecule is CN(C)c1ccc(-c2cnc(N)c(-c3nnnn3-c3cccc(F)c3F)c2)cc1. The van der Waals surface area contributed by atoms with Crippen molar-refractivity contribution < 1.29 is 8.78 Å². The molecule has 0 atom stereocenters. The molecule has 0 radical (unpaired) electrons. The number of rotatable bonds is 4. The minimum Gasteiger partial charge on any atom is -0.383 e. The number of aromatic nitrogens is 5. The molecule has 0 amide bonds. The molecule has 146 valence electrons. The van der Waals surface area contributed by atoms with Crippen LogP contribution in [0.3, 0.4) is 0 Å². The molecule has 0 saturated heterocycles. The van der Waals surface area contributed by atoms with Gasteiger partial charge in [0.2, 0.25) is 0 Å². The summed E-state index contributed by atoms with van der Waals surface area (Å²) in [4.78, 5) is 6.23. The molecule has 4 rings (SSSR count). The van der Waals surface area contributed by atoms with Gasteiger partial charge in [-0.25, -0.2) is 13.8 Å². The fourth-order valence-electron chi connectivity index (χ4n) is 2.94. The van der Waals surface area contributed by atoms with E-state index >= 15 is 0 Å². The Morgan fingerprint density at radius 1 is 1.00 bits per heavy atom. The van der Waals surface area contributed by atoms with Gasteiger partial charge in [-0.2, -0.15) is 4.68 Å². The molecule has 0 aliphatic heterocycles. The maximum atomic E-state index is 14.3. The zero-order valence-corrected chi connectivity index (χ0v) is 15.7. The number of halogens is 2. The first kappa shape index (κ1) is 18.5. The van der Waals surface area contributed by atoms with Crippen LogP contribution in [0.2, 0.25) is 0 Å². The number of pyridine rings is 1. The lowest BCUT2D eigenvalue weighted by atomic mass is 10.0. The van der Waals surface area contributed by atoms with E-state index in [9.17, 15) is 8.78 Å². The molecule has 2 aromatic heterocycles. The number of nitrogens with zero attached hydrogens (tertiary/aromatic N) is 6. The molecular weight excluding hydrogens is 376 g/mol. The first-order valence-electron chi connectivity index (χ1n) is 8.72. The van der Waals surface area contributed by atoms with E-state index < -0.39 is 11.6 Å². The Hall–Kier alpha value is -3.88. The van der Waals surface area contributed by atoms with Gasteiger partial charge in [-0.15, -0.1) is 5.10 Å². The lowest BCUT2D eigenvalue weighted by Crippen LogP contribution is -2.08. The van der Waals surface area contributed by atoms with Crippen molar-refractivity contribution in [3.05, 3.63) is 66.4 Å². The van der Waals surface area contributed by atoms with Gasteiger partial charge < -0.3 is 10.6 Å². The van der Waals surface area contributed by atoms with E-state index in [0.29, 0.717) is 5.56 Å². The van der Waals surface area contributed by atoms with Crippen LogP contribution in [-0.4, -0.2) is 39.3 Å². The fourth-order valence-corrected chi connectivity index (χ4v) is 2.94. The third-order valence-electron chi connectivity index (χ3n) is 4.51. The third kappa shape index (κ3) is 3.38. The van der Waals surface area contributed by atoms with Gasteiger partial charge in [-0.05, 0) is 46.3 Å². The van der Waals surface area contributed by atoms with Crippen LogP contribution in [0.4, 0.5) is 20.3 Å². The number of nitrogen functional groups attached to an aromatic ring is 1. The number of benzene rings is 2. The molecule has 0 bridgehead atoms. The first-order chi connectivity index (χ1) is 14.0. The Morgan fingerprint density at radius 2 is 1.76 bits per heavy atom. The van der Waals surface area contributed by atoms with Crippen LogP contribution in [-0.2, 0) is 0 Å². The maximum absolute atomic E-state index is 14.3. The summed E-state index contributed by atoms with van der Waals surface area (Å²) >= 11 is 0. The highest BCUT2D eigenvalue weighted by molar-refractivity contribution is 5.77. The summed E-state index contributed by atoms with van der Waals surface area (Å²) in [5.41, 5.74) is 9.09. The van der Waals surface area contributed by atoms with Crippen molar-refractivity contribution in [2.75, 3.05) is 24.7 Å². The van der Waals surface area contributed by atoms with Crippen LogP contribution in [0.1, 0.15) is 0 Å². The van der Waals surface area contributed by atoms with Crippen molar-refractivity contribution in [1.82, 2.24) is 25.2 Å². The normalized spacial score (nSPS) is 10.9. The predicted octanol–water partition coefficient (Wildman–Crippen LogP) is 3.32. The molecule has 2 N–H and O–H groups in total. The monoisotopic (exact) mass is 393 g/mol. The smallest absolute Gasteiger partial charge is 0.190 e. The molecule has 0 fully saturated rings. The lowest BCUT2D eigenvalue weighted by molar-refractivity contribution is 0.501. The predicted molar refractivity (Wildman–Crippen MR) is 106 cm³/mol. The van der Waals surface area contributed by atoms with Crippen LogP contribution in [0, 0.1) is 11.6 Å². The van der Waals surface area contributed by atoms with E-state index in [4.69, 9.17) is 5.73 Å². The summed E-state index contributed by atoms with van der Waals surface area (Å²) in [5.74, 6) is -1.72. The van der Waals surface area contributed by atoms with Gasteiger partial charge in [0.1, 0.15) is 11.5 Å². The van der Waals surface area contributed by atoms with Gasteiger partial charge >= 0.3 is 0 Å². The van der Waals surface area contributed by atoms with Crippen LogP contribution in [0.5, 0.6) is 0 Å². The number of anilines is 2. The molecule has 2 aromatic carbocycles. The van der Waals surface area contributed by atoms with Gasteiger partial charge in [0.05, 0.1) is 5.56 Å². The van der Waals surface area contributed by atoms with E-state index in [2.05, 4.69) is 20.5 Å². The Bertz CT molecular complexity index is 1170. The van der Waals surface area contributed by atoms with Crippen LogP contribution >= 0.6 is 0 Å². The summed E-state index contributed by atoms with van der Waals surface area (Å²) in [6.07, 6.45) is 1.64. The molecule has 0 unspecified atom stereocenters. The van der Waals surface area contributed by atoms with Crippen molar-refractivity contribution in [3.63, 3.8) is 0 Å². The molecule has 4 aromatic rings. The number of hydrogen-bond donors (Lipinski definition) is 1. The van der Waals surface area contributed by atoms with Gasteiger partial charge in [-0.3, -0.25) is 0 Å². The van der Waals surface area contributed by atoms with E-state index in [1.54, 1.807) is 12.3 Å². The second-order valence-corrected chi connectivity index (χ2v) is 6.59. The standard InChI is InChI=1S/C20H17F2N7/c1-28(2)14-8-6-12(7-9-14)13-10-15(19(23)24-11-13)20-25-26-27-29(20)17-5-3-4-16(21)18(17)22/h3-11H,1-2H3,(H2,23,24). The zero-order chi connectivity index (χ0) is 20.5. The molecule has 29 heavy (non-hydrogen) atoms. The quantitative estimate of drug-likeness (QED) is 0.573. The number of tetrazole rings is 1. The molecule has 9 heteroatoms. The number of hydrogen-bond acceptors (Lipinski definition) is 6. The molecule has 0 aliphatic carbocycles. The molecule has 0 saturated carbocycles. The van der Waals surface area contributed by atoms with Crippen LogP contribution in [0.15, 0.2) is 54.7 Å². The van der Waals surface area contributed by atoms with E-state index in [0.717, 1.165) is 27.6 Å². The largest absolute Gasteiger partial charge is 0.383 e. The van der Waals surface area contributed by atoms with E-state index in [-0.39, 0.29) is 17.3 Å². The molecule has 0 spiro atoms. The van der Waals surface area contributed by atoms with Crippen molar-refractivity contribution >= 4 is 11.5 Å². The van der Waals surface area contributed by atoms with Crippen LogP contribution < -0.4 is 10.6 Å². The minimum absolute atomic E-state index is 0.120. The van der Waals surface area contributed by atoms with Gasteiger partial charge in [0, 0.05) is 31.5 Å². The Morgan fingerprint density at radius 3 is 2.48 bits per heavy atom. The Balaban J connectivity index is 1.80. The highest BCUT2D eigenvalue weighted by atomic mass is 19.2. The summed E-state index contributed by atoms with van der Waals surface area (Å²) < 4.78 is 29.0. The third-order valence-corrected chi connectivity index (χ3v) is 4.51. The zero-order valence-electron chi connectivity index (χ0n) is 15.7. The van der Waals surface area contributed by atoms with Gasteiger partial charge in [0.25, 0.3) is 0 Å². The van der Waals surface area contributed by atoms with Crippen molar-refractivity contribution in [2.45, 2.75) is 0 Å². The van der Waals surface area contributed by atoms with Gasteiger partial charge in [0.15, 0.2) is 17.5 Å². The highest BCUT2D eigenvalue weighted by Crippen LogP contribution is 2.30. The second-order valence-electron chi connectivity index (χ2n) is 6.59. The lowest BCUT2D eigenvalue weighted by Gasteiger charge is -2.13. The highest BCUT2D eigenvalue weighted by Gasteiger charge is 2.19. The summed E-state index contributed by atoms with van der Waals surface area (Å²) in [6, 6.07) is 13.4. The summed E-state index contributed by atoms with van der Waals surface area (Å²) in [6.45, 7) is 0. The second kappa shape index (κ2) is 7.27. The molecule has 2 heterocycles. The summed E-state index contributed by atoms with van der Waals surface area (Å²) in [7, 11) is 3.92.